The van der Waals surface area contributed by atoms with Gasteiger partial charge in [0.1, 0.15) is 17.4 Å². The number of aromatic nitrogens is 1. The maximum Gasteiger partial charge on any atom is 0.417 e. The van der Waals surface area contributed by atoms with E-state index >= 15 is 0 Å². The van der Waals surface area contributed by atoms with Gasteiger partial charge in [0.05, 0.1) is 11.1 Å². The first-order valence-corrected chi connectivity index (χ1v) is 12.0. The number of hydrogen-bond donors (Lipinski definition) is 0. The Bertz CT molecular complexity index is 1080. The summed E-state index contributed by atoms with van der Waals surface area (Å²) in [5, 5.41) is 9.42. The molecule has 0 aromatic carbocycles. The van der Waals surface area contributed by atoms with E-state index in [0.717, 1.165) is 56.4 Å². The predicted molar refractivity (Wildman–Crippen MR) is 122 cm³/mol. The molecule has 1 aromatic rings. The number of allylic oxidation sites excluding steroid dienone is 4. The Morgan fingerprint density at radius 2 is 1.97 bits per heavy atom. The molecule has 1 fully saturated rings. The third kappa shape index (κ3) is 5.77. The number of ether oxygens (including phenoxy) is 2. The molecular formula is C24H25F3N4O2S. The van der Waals surface area contributed by atoms with Crippen LogP contribution >= 0.6 is 11.8 Å². The highest BCUT2D eigenvalue weighted by Crippen LogP contribution is 2.36. The van der Waals surface area contributed by atoms with Crippen molar-refractivity contribution in [3.63, 3.8) is 0 Å². The van der Waals surface area contributed by atoms with E-state index in [-0.39, 0.29) is 10.7 Å². The SMILES string of the molecule is Cc1cc(C(F)(F)F)c(C#N)c(SCCN2CCN(C3=COC(C4=CC=CCC4)=CO3)CC2)n1. The average Bonchev–Trinajstić information content (AvgIpc) is 2.84. The van der Waals surface area contributed by atoms with Gasteiger partial charge in [0.2, 0.25) is 5.88 Å². The molecule has 1 aromatic heterocycles. The normalized spacial score (nSPS) is 18.9. The first-order valence-electron chi connectivity index (χ1n) is 11.0. The fraction of sp³-hybridized carbons (Fsp3) is 0.417. The summed E-state index contributed by atoms with van der Waals surface area (Å²) in [6.07, 6.45) is 6.80. The molecule has 0 radical (unpaired) electrons. The van der Waals surface area contributed by atoms with Crippen LogP contribution in [0.25, 0.3) is 0 Å². The summed E-state index contributed by atoms with van der Waals surface area (Å²) in [5.41, 5.74) is 0.0424. The van der Waals surface area contributed by atoms with Gasteiger partial charge in [-0.25, -0.2) is 4.98 Å². The zero-order chi connectivity index (χ0) is 24.1. The molecule has 1 saturated heterocycles. The minimum absolute atomic E-state index is 0.137. The molecule has 2 aliphatic heterocycles. The number of pyridine rings is 1. The van der Waals surface area contributed by atoms with E-state index in [9.17, 15) is 18.4 Å². The van der Waals surface area contributed by atoms with E-state index in [4.69, 9.17) is 9.47 Å². The summed E-state index contributed by atoms with van der Waals surface area (Å²) in [6.45, 7) is 5.26. The molecule has 1 aliphatic carbocycles. The monoisotopic (exact) mass is 490 g/mol. The van der Waals surface area contributed by atoms with Crippen molar-refractivity contribution in [2.24, 2.45) is 0 Å². The van der Waals surface area contributed by atoms with Crippen molar-refractivity contribution in [2.45, 2.75) is 31.0 Å². The summed E-state index contributed by atoms with van der Waals surface area (Å²) < 4.78 is 51.4. The highest BCUT2D eigenvalue weighted by atomic mass is 32.2. The lowest BCUT2D eigenvalue weighted by Crippen LogP contribution is -2.46. The lowest BCUT2D eigenvalue weighted by atomic mass is 10.0. The van der Waals surface area contributed by atoms with Crippen LogP contribution in [0.3, 0.4) is 0 Å². The minimum Gasteiger partial charge on any atom is -0.456 e. The fourth-order valence-electron chi connectivity index (χ4n) is 3.94. The molecule has 3 aliphatic rings. The maximum atomic E-state index is 13.3. The lowest BCUT2D eigenvalue weighted by molar-refractivity contribution is -0.138. The van der Waals surface area contributed by atoms with E-state index < -0.39 is 17.3 Å². The number of piperazine rings is 1. The van der Waals surface area contributed by atoms with Crippen molar-refractivity contribution >= 4 is 11.8 Å². The Kier molecular flexibility index (Phi) is 7.54. The largest absolute Gasteiger partial charge is 0.456 e. The van der Waals surface area contributed by atoms with Gasteiger partial charge in [-0.2, -0.15) is 18.4 Å². The Labute approximate surface area is 201 Å². The number of halogens is 3. The second kappa shape index (κ2) is 10.6. The van der Waals surface area contributed by atoms with Gasteiger partial charge in [-0.05, 0) is 31.4 Å². The number of rotatable bonds is 6. The third-order valence-electron chi connectivity index (χ3n) is 5.77. The fourth-order valence-corrected chi connectivity index (χ4v) is 4.99. The number of thioether (sulfide) groups is 1. The van der Waals surface area contributed by atoms with Crippen LogP contribution in [0.4, 0.5) is 13.2 Å². The standard InChI is InChI=1S/C24H25F3N4O2S/c1-17-13-20(24(25,26)27)19(14-28)23(29-17)34-12-11-30-7-9-31(10-8-30)22-16-32-21(15-33-22)18-5-3-2-4-6-18/h2-3,5,13,15-16H,4,6-12H2,1H3. The van der Waals surface area contributed by atoms with Crippen LogP contribution in [0.1, 0.15) is 29.7 Å². The van der Waals surface area contributed by atoms with Crippen LogP contribution < -0.4 is 0 Å². The zero-order valence-electron chi connectivity index (χ0n) is 18.8. The van der Waals surface area contributed by atoms with E-state index in [1.54, 1.807) is 18.6 Å². The lowest BCUT2D eigenvalue weighted by Gasteiger charge is -2.36. The molecule has 34 heavy (non-hydrogen) atoms. The van der Waals surface area contributed by atoms with Crippen LogP contribution in [0.2, 0.25) is 0 Å². The molecule has 0 saturated carbocycles. The van der Waals surface area contributed by atoms with Crippen LogP contribution in [0.5, 0.6) is 0 Å². The summed E-state index contributed by atoms with van der Waals surface area (Å²) >= 11 is 1.19. The van der Waals surface area contributed by atoms with Crippen molar-refractivity contribution in [3.05, 3.63) is 70.9 Å². The summed E-state index contributed by atoms with van der Waals surface area (Å²) in [5.74, 6) is 1.95. The van der Waals surface area contributed by atoms with Gasteiger partial charge in [-0.15, -0.1) is 11.8 Å². The molecule has 0 N–H and O–H groups in total. The average molecular weight is 491 g/mol. The first-order chi connectivity index (χ1) is 16.3. The third-order valence-corrected chi connectivity index (χ3v) is 6.72. The molecule has 6 nitrogen and oxygen atoms in total. The predicted octanol–water partition coefficient (Wildman–Crippen LogP) is 4.95. The Morgan fingerprint density at radius 3 is 2.59 bits per heavy atom. The number of nitrogens with zero attached hydrogens (tertiary/aromatic N) is 4. The molecule has 4 rings (SSSR count). The second-order valence-electron chi connectivity index (χ2n) is 8.11. The molecule has 180 valence electrons. The maximum absolute atomic E-state index is 13.3. The van der Waals surface area contributed by atoms with E-state index in [0.29, 0.717) is 18.2 Å². The van der Waals surface area contributed by atoms with Crippen molar-refractivity contribution < 1.29 is 22.6 Å². The van der Waals surface area contributed by atoms with Gasteiger partial charge in [-0.3, -0.25) is 4.90 Å². The number of alkyl halides is 3. The van der Waals surface area contributed by atoms with Crippen molar-refractivity contribution in [1.82, 2.24) is 14.8 Å². The number of aryl methyl sites for hydroxylation is 1. The van der Waals surface area contributed by atoms with Gasteiger partial charge in [0, 0.05) is 44.2 Å². The Balaban J connectivity index is 1.26. The summed E-state index contributed by atoms with van der Waals surface area (Å²) in [6, 6.07) is 2.61. The second-order valence-corrected chi connectivity index (χ2v) is 9.19. The molecule has 10 heteroatoms. The van der Waals surface area contributed by atoms with Crippen LogP contribution in [0, 0.1) is 18.3 Å². The number of hydrogen-bond acceptors (Lipinski definition) is 7. The van der Waals surface area contributed by atoms with Crippen molar-refractivity contribution in [1.29, 1.82) is 5.26 Å². The zero-order valence-corrected chi connectivity index (χ0v) is 19.6. The smallest absolute Gasteiger partial charge is 0.417 e. The van der Waals surface area contributed by atoms with Gasteiger partial charge in [0.25, 0.3) is 0 Å². The van der Waals surface area contributed by atoms with Gasteiger partial charge >= 0.3 is 6.18 Å². The topological polar surface area (TPSA) is 61.6 Å². The Morgan fingerprint density at radius 1 is 1.18 bits per heavy atom. The highest BCUT2D eigenvalue weighted by molar-refractivity contribution is 7.99. The van der Waals surface area contributed by atoms with Crippen molar-refractivity contribution in [2.75, 3.05) is 38.5 Å². The van der Waals surface area contributed by atoms with Crippen LogP contribution in [-0.4, -0.2) is 53.3 Å². The number of nitriles is 1. The molecule has 0 bridgehead atoms. The van der Waals surface area contributed by atoms with Crippen LogP contribution in [-0.2, 0) is 15.7 Å². The molecule has 0 atom stereocenters. The van der Waals surface area contributed by atoms with Gasteiger partial charge in [0.15, 0.2) is 12.0 Å². The molecule has 0 amide bonds. The molecular weight excluding hydrogens is 465 g/mol. The molecule has 0 unspecified atom stereocenters. The highest BCUT2D eigenvalue weighted by Gasteiger charge is 2.35. The Hall–Kier alpha value is -2.90. The van der Waals surface area contributed by atoms with Crippen molar-refractivity contribution in [3.8, 4) is 6.07 Å². The van der Waals surface area contributed by atoms with E-state index in [1.165, 1.54) is 18.7 Å². The molecule has 3 heterocycles. The summed E-state index contributed by atoms with van der Waals surface area (Å²) in [7, 11) is 0. The first kappa shape index (κ1) is 24.2. The van der Waals surface area contributed by atoms with E-state index in [1.807, 2.05) is 12.2 Å². The minimum atomic E-state index is -4.58. The quantitative estimate of drug-likeness (QED) is 0.523. The molecule has 0 spiro atoms. The summed E-state index contributed by atoms with van der Waals surface area (Å²) in [4.78, 5) is 8.52. The van der Waals surface area contributed by atoms with Gasteiger partial charge < -0.3 is 14.4 Å². The van der Waals surface area contributed by atoms with Crippen LogP contribution in [0.15, 0.2) is 59.1 Å². The van der Waals surface area contributed by atoms with Gasteiger partial charge in [-0.1, -0.05) is 18.2 Å². The van der Waals surface area contributed by atoms with E-state index in [2.05, 4.69) is 20.9 Å².